The molecule has 0 atom stereocenters. The summed E-state index contributed by atoms with van der Waals surface area (Å²) < 4.78 is 6.95. The number of halogens is 1. The van der Waals surface area contributed by atoms with Crippen LogP contribution in [0, 0.1) is 13.8 Å². The number of benzene rings is 1. The van der Waals surface area contributed by atoms with Crippen LogP contribution in [-0.4, -0.2) is 43.9 Å². The molecular weight excluding hydrogens is 436 g/mol. The summed E-state index contributed by atoms with van der Waals surface area (Å²) in [6.07, 6.45) is 1.75. The number of hydrogen-bond donors (Lipinski definition) is 1. The summed E-state index contributed by atoms with van der Waals surface area (Å²) in [4.78, 5) is 28.0. The van der Waals surface area contributed by atoms with Gasteiger partial charge in [0.25, 0.3) is 0 Å². The summed E-state index contributed by atoms with van der Waals surface area (Å²) in [7, 11) is 0. The minimum absolute atomic E-state index is 0.104. The van der Waals surface area contributed by atoms with E-state index in [0.717, 1.165) is 5.56 Å². The Labute approximate surface area is 189 Å². The first-order chi connectivity index (χ1) is 14.9. The van der Waals surface area contributed by atoms with E-state index in [4.69, 9.17) is 16.3 Å². The second kappa shape index (κ2) is 9.98. The molecule has 0 aliphatic carbocycles. The number of nitrogens with one attached hydrogen (secondary N) is 1. The van der Waals surface area contributed by atoms with Crippen molar-refractivity contribution in [1.29, 1.82) is 0 Å². The van der Waals surface area contributed by atoms with Gasteiger partial charge in [-0.15, -0.1) is 16.8 Å². The average Bonchev–Trinajstić information content (AvgIpc) is 3.27. The zero-order chi connectivity index (χ0) is 22.5. The molecule has 0 aliphatic rings. The van der Waals surface area contributed by atoms with Gasteiger partial charge in [0.15, 0.2) is 16.8 Å². The van der Waals surface area contributed by atoms with E-state index in [1.54, 1.807) is 39.0 Å². The lowest BCUT2D eigenvalue weighted by Crippen LogP contribution is -2.09. The Morgan fingerprint density at radius 2 is 1.97 bits per heavy atom. The highest BCUT2D eigenvalue weighted by Gasteiger charge is 2.23. The molecule has 2 heterocycles. The van der Waals surface area contributed by atoms with Gasteiger partial charge < -0.3 is 9.72 Å². The molecule has 9 heteroatoms. The average molecular weight is 459 g/mol. The van der Waals surface area contributed by atoms with E-state index < -0.39 is 5.97 Å². The molecule has 2 aromatic heterocycles. The van der Waals surface area contributed by atoms with Gasteiger partial charge in [0.05, 0.1) is 12.4 Å². The van der Waals surface area contributed by atoms with Crippen molar-refractivity contribution >= 4 is 35.1 Å². The second-order valence-electron chi connectivity index (χ2n) is 6.77. The Kier molecular flexibility index (Phi) is 7.35. The number of ketones is 1. The number of carbonyl (C=O) groups excluding carboxylic acids is 2. The van der Waals surface area contributed by atoms with Crippen LogP contribution in [0.3, 0.4) is 0 Å². The van der Waals surface area contributed by atoms with Gasteiger partial charge in [-0.25, -0.2) is 4.79 Å². The number of rotatable bonds is 9. The van der Waals surface area contributed by atoms with Gasteiger partial charge in [0.2, 0.25) is 0 Å². The number of Topliss-reactive ketones (excluding diaryl/α,β-unsaturated/α-hetero) is 1. The maximum absolute atomic E-state index is 13.0. The number of carbonyl (C=O) groups is 2. The van der Waals surface area contributed by atoms with Crippen LogP contribution in [0.2, 0.25) is 5.02 Å². The van der Waals surface area contributed by atoms with Gasteiger partial charge >= 0.3 is 5.97 Å². The van der Waals surface area contributed by atoms with Crippen LogP contribution in [-0.2, 0) is 11.3 Å². The number of aromatic nitrogens is 4. The van der Waals surface area contributed by atoms with Gasteiger partial charge in [-0.05, 0) is 50.6 Å². The number of H-pyrrole nitrogens is 1. The van der Waals surface area contributed by atoms with Crippen molar-refractivity contribution in [3.8, 4) is 11.4 Å². The van der Waals surface area contributed by atoms with Crippen LogP contribution in [0.4, 0.5) is 0 Å². The van der Waals surface area contributed by atoms with E-state index in [1.807, 2.05) is 16.7 Å². The van der Waals surface area contributed by atoms with Crippen LogP contribution in [0.1, 0.15) is 39.0 Å². The molecule has 7 nitrogen and oxygen atoms in total. The summed E-state index contributed by atoms with van der Waals surface area (Å²) in [5, 5.41) is 9.80. The molecule has 0 unspecified atom stereocenters. The number of esters is 1. The van der Waals surface area contributed by atoms with E-state index >= 15 is 0 Å². The fourth-order valence-electron chi connectivity index (χ4n) is 3.28. The van der Waals surface area contributed by atoms with Crippen molar-refractivity contribution in [3.05, 3.63) is 64.5 Å². The van der Waals surface area contributed by atoms with Crippen LogP contribution in [0.15, 0.2) is 42.1 Å². The Hall–Kier alpha value is -2.84. The predicted octanol–water partition coefficient (Wildman–Crippen LogP) is 4.88. The molecule has 3 aromatic rings. The number of ether oxygens (including phenoxy) is 1. The van der Waals surface area contributed by atoms with Crippen molar-refractivity contribution < 1.29 is 14.3 Å². The Morgan fingerprint density at radius 3 is 2.61 bits per heavy atom. The molecule has 162 valence electrons. The monoisotopic (exact) mass is 458 g/mol. The molecule has 0 amide bonds. The molecule has 1 aromatic carbocycles. The van der Waals surface area contributed by atoms with Gasteiger partial charge in [-0.1, -0.05) is 29.4 Å². The third-order valence-corrected chi connectivity index (χ3v) is 5.88. The fraction of sp³-hybridized carbons (Fsp3) is 0.273. The summed E-state index contributed by atoms with van der Waals surface area (Å²) in [5.74, 6) is 0.253. The highest BCUT2D eigenvalue weighted by atomic mass is 35.5. The first kappa shape index (κ1) is 22.8. The highest BCUT2D eigenvalue weighted by Crippen LogP contribution is 2.27. The van der Waals surface area contributed by atoms with E-state index in [-0.39, 0.29) is 18.1 Å². The topological polar surface area (TPSA) is 89.9 Å². The molecular formula is C22H23ClN4O3S. The van der Waals surface area contributed by atoms with E-state index in [0.29, 0.717) is 45.1 Å². The summed E-state index contributed by atoms with van der Waals surface area (Å²) >= 11 is 7.27. The van der Waals surface area contributed by atoms with Crippen LogP contribution >= 0.6 is 23.4 Å². The maximum atomic E-state index is 13.0. The number of hydrogen-bond acceptors (Lipinski definition) is 6. The Balaban J connectivity index is 1.81. The van der Waals surface area contributed by atoms with Gasteiger partial charge in [0, 0.05) is 28.4 Å². The lowest BCUT2D eigenvalue weighted by molar-refractivity contribution is 0.0519. The highest BCUT2D eigenvalue weighted by molar-refractivity contribution is 7.99. The van der Waals surface area contributed by atoms with Gasteiger partial charge in [-0.2, -0.15) is 0 Å². The fourth-order valence-corrected chi connectivity index (χ4v) is 4.23. The largest absolute Gasteiger partial charge is 0.461 e. The lowest BCUT2D eigenvalue weighted by Gasteiger charge is -2.08. The maximum Gasteiger partial charge on any atom is 0.355 e. The molecule has 1 N–H and O–H groups in total. The van der Waals surface area contributed by atoms with Crippen LogP contribution in [0.5, 0.6) is 0 Å². The molecule has 0 radical (unpaired) electrons. The third-order valence-electron chi connectivity index (χ3n) is 4.66. The third kappa shape index (κ3) is 4.91. The van der Waals surface area contributed by atoms with Crippen molar-refractivity contribution in [1.82, 2.24) is 19.7 Å². The molecule has 0 saturated heterocycles. The van der Waals surface area contributed by atoms with Crippen LogP contribution in [0.25, 0.3) is 11.4 Å². The number of thioether (sulfide) groups is 1. The van der Waals surface area contributed by atoms with Crippen molar-refractivity contribution in [2.45, 2.75) is 32.5 Å². The molecule has 0 spiro atoms. The first-order valence-electron chi connectivity index (χ1n) is 9.69. The predicted molar refractivity (Wildman–Crippen MR) is 122 cm³/mol. The summed E-state index contributed by atoms with van der Waals surface area (Å²) in [6, 6.07) is 7.32. The quantitative estimate of drug-likeness (QED) is 0.213. The second-order valence-corrected chi connectivity index (χ2v) is 8.15. The molecule has 3 rings (SSSR count). The number of nitrogens with zero attached hydrogens (tertiary/aromatic N) is 3. The normalized spacial score (nSPS) is 10.8. The van der Waals surface area contributed by atoms with Gasteiger partial charge in [0.1, 0.15) is 5.69 Å². The smallest absolute Gasteiger partial charge is 0.355 e. The van der Waals surface area contributed by atoms with Crippen LogP contribution < -0.4 is 0 Å². The Bertz CT molecular complexity index is 1120. The number of aryl methyl sites for hydroxylation is 1. The Morgan fingerprint density at radius 1 is 1.26 bits per heavy atom. The molecule has 0 saturated carbocycles. The lowest BCUT2D eigenvalue weighted by atomic mass is 10.1. The van der Waals surface area contributed by atoms with Crippen molar-refractivity contribution in [2.24, 2.45) is 0 Å². The number of allylic oxidation sites excluding steroid dienone is 1. The van der Waals surface area contributed by atoms with E-state index in [1.165, 1.54) is 11.8 Å². The minimum Gasteiger partial charge on any atom is -0.461 e. The van der Waals surface area contributed by atoms with Crippen molar-refractivity contribution in [2.75, 3.05) is 12.4 Å². The zero-order valence-electron chi connectivity index (χ0n) is 17.6. The SMILES string of the molecule is C=CCn1c(SCC(=O)c2c(C)[nH]c(C(=O)OCC)c2C)nnc1-c1ccc(Cl)cc1. The first-order valence-corrected chi connectivity index (χ1v) is 11.1. The zero-order valence-corrected chi connectivity index (χ0v) is 19.1. The van der Waals surface area contributed by atoms with E-state index in [9.17, 15) is 9.59 Å². The molecule has 0 bridgehead atoms. The van der Waals surface area contributed by atoms with Crippen molar-refractivity contribution in [3.63, 3.8) is 0 Å². The summed E-state index contributed by atoms with van der Waals surface area (Å²) in [5.41, 5.74) is 2.92. The number of aromatic amines is 1. The molecule has 31 heavy (non-hydrogen) atoms. The molecule has 0 aliphatic heterocycles. The molecule has 0 fully saturated rings. The summed E-state index contributed by atoms with van der Waals surface area (Å²) in [6.45, 7) is 9.82. The van der Waals surface area contributed by atoms with Gasteiger partial charge in [-0.3, -0.25) is 9.36 Å². The minimum atomic E-state index is -0.465. The standard InChI is InChI=1S/C22H23ClN4O3S/c1-5-11-27-20(15-7-9-16(23)10-8-15)25-26-22(27)31-12-17(28)18-13(3)19(24-14(18)4)21(29)30-6-2/h5,7-10,24H,1,6,11-12H2,2-4H3. The van der Waals surface area contributed by atoms with E-state index in [2.05, 4.69) is 21.8 Å².